The first-order valence-electron chi connectivity index (χ1n) is 17.1. The summed E-state index contributed by atoms with van der Waals surface area (Å²) in [4.78, 5) is 13.0. The Bertz CT molecular complexity index is 958. The molecule has 0 aliphatic rings. The molecule has 2 atom stereocenters. The molecular formula is C38H62NO3+. The van der Waals surface area contributed by atoms with E-state index < -0.39 is 0 Å². The molecule has 0 heterocycles. The highest BCUT2D eigenvalue weighted by molar-refractivity contribution is 5.72. The molecule has 0 aromatic heterocycles. The number of carbonyl (C=O) groups is 1. The number of ether oxygens (including phenoxy) is 2. The molecular weight excluding hydrogens is 518 g/mol. The molecule has 0 saturated heterocycles. The first-order valence-corrected chi connectivity index (χ1v) is 17.1. The van der Waals surface area contributed by atoms with E-state index in [0.29, 0.717) is 6.61 Å². The van der Waals surface area contributed by atoms with E-state index in [4.69, 9.17) is 9.47 Å². The lowest BCUT2D eigenvalue weighted by atomic mass is 10.0. The van der Waals surface area contributed by atoms with E-state index in [9.17, 15) is 4.79 Å². The first-order chi connectivity index (χ1) is 20.4. The lowest BCUT2D eigenvalue weighted by Crippen LogP contribution is -2.45. The summed E-state index contributed by atoms with van der Waals surface area (Å²) < 4.78 is 12.8. The molecule has 2 aromatic rings. The number of rotatable bonds is 24. The number of benzene rings is 2. The van der Waals surface area contributed by atoms with Crippen molar-refractivity contribution < 1.29 is 18.8 Å². The van der Waals surface area contributed by atoms with Crippen molar-refractivity contribution >= 4 is 5.97 Å². The zero-order valence-corrected chi connectivity index (χ0v) is 27.8. The van der Waals surface area contributed by atoms with Crippen molar-refractivity contribution in [1.29, 1.82) is 0 Å². The topological polar surface area (TPSA) is 35.5 Å². The Morgan fingerprint density at radius 3 is 1.90 bits per heavy atom. The van der Waals surface area contributed by atoms with Gasteiger partial charge in [-0.25, -0.2) is 0 Å². The Balaban J connectivity index is 1.68. The summed E-state index contributed by atoms with van der Waals surface area (Å²) in [6.07, 6.45) is 19.0. The lowest BCUT2D eigenvalue weighted by molar-refractivity contribution is -0.906. The molecule has 2 aromatic carbocycles. The molecule has 2 rings (SSSR count). The maximum absolute atomic E-state index is 13.0. The van der Waals surface area contributed by atoms with Crippen LogP contribution in [-0.2, 0) is 22.5 Å². The highest BCUT2D eigenvalue weighted by Gasteiger charge is 2.28. The monoisotopic (exact) mass is 580 g/mol. The van der Waals surface area contributed by atoms with E-state index in [2.05, 4.69) is 77.3 Å². The molecule has 0 aliphatic carbocycles. The molecule has 2 unspecified atom stereocenters. The third kappa shape index (κ3) is 15.8. The molecule has 0 spiro atoms. The van der Waals surface area contributed by atoms with Crippen LogP contribution < -0.4 is 4.74 Å². The zero-order valence-electron chi connectivity index (χ0n) is 27.8. The number of quaternary nitrogens is 1. The van der Waals surface area contributed by atoms with Crippen molar-refractivity contribution in [3.05, 3.63) is 65.7 Å². The number of esters is 1. The highest BCUT2D eigenvalue weighted by Crippen LogP contribution is 2.20. The molecule has 0 N–H and O–H groups in total. The minimum absolute atomic E-state index is 0.112. The Labute approximate surface area is 258 Å². The summed E-state index contributed by atoms with van der Waals surface area (Å²) in [6, 6.07) is 19.0. The van der Waals surface area contributed by atoms with Crippen molar-refractivity contribution in [1.82, 2.24) is 0 Å². The Morgan fingerprint density at radius 2 is 1.31 bits per heavy atom. The number of carbonyl (C=O) groups excluding carboxylic acids is 1. The molecule has 0 fully saturated rings. The van der Waals surface area contributed by atoms with Gasteiger partial charge in [-0.05, 0) is 43.4 Å². The smallest absolute Gasteiger partial charge is 0.314 e. The minimum Gasteiger partial charge on any atom is -0.487 e. The Morgan fingerprint density at radius 1 is 0.714 bits per heavy atom. The van der Waals surface area contributed by atoms with Gasteiger partial charge in [0.05, 0.1) is 20.6 Å². The van der Waals surface area contributed by atoms with Crippen LogP contribution in [0.3, 0.4) is 0 Å². The third-order valence-corrected chi connectivity index (χ3v) is 8.38. The predicted molar refractivity (Wildman–Crippen MR) is 178 cm³/mol. The van der Waals surface area contributed by atoms with Crippen molar-refractivity contribution in [2.24, 2.45) is 5.92 Å². The van der Waals surface area contributed by atoms with Gasteiger partial charge in [-0.1, -0.05) is 134 Å². The Kier molecular flexibility index (Phi) is 18.3. The van der Waals surface area contributed by atoms with E-state index >= 15 is 0 Å². The van der Waals surface area contributed by atoms with Gasteiger partial charge in [0.2, 0.25) is 0 Å². The molecule has 0 aliphatic heterocycles. The maximum atomic E-state index is 13.0. The summed E-state index contributed by atoms with van der Waals surface area (Å²) in [6.45, 7) is 8.38. The van der Waals surface area contributed by atoms with Crippen LogP contribution in [0.25, 0.3) is 0 Å². The standard InChI is InChI=1S/C38H62NO3/c1-6-9-10-11-12-13-14-15-16-17-18-20-24-33-27-23-28-37(29-33)42-36(8-3)32-41-38(40)35(7-2)31-39(4,5)30-34-25-21-19-22-26-34/h19,21-23,25-29,35-36H,6-18,20,24,30-32H2,1-5H3/q+1. The molecule has 4 nitrogen and oxygen atoms in total. The summed E-state index contributed by atoms with van der Waals surface area (Å²) >= 11 is 0. The van der Waals surface area contributed by atoms with Crippen LogP contribution in [0.2, 0.25) is 0 Å². The van der Waals surface area contributed by atoms with Crippen LogP contribution >= 0.6 is 0 Å². The van der Waals surface area contributed by atoms with Gasteiger partial charge in [0.15, 0.2) is 0 Å². The quantitative estimate of drug-likeness (QED) is 0.0704. The number of hydrogen-bond acceptors (Lipinski definition) is 3. The van der Waals surface area contributed by atoms with E-state index in [1.807, 2.05) is 12.1 Å². The lowest BCUT2D eigenvalue weighted by Gasteiger charge is -2.32. The first kappa shape index (κ1) is 35.9. The van der Waals surface area contributed by atoms with E-state index in [1.165, 1.54) is 88.2 Å². The Hall–Kier alpha value is -2.33. The van der Waals surface area contributed by atoms with E-state index in [1.54, 1.807) is 0 Å². The molecule has 0 radical (unpaired) electrons. The van der Waals surface area contributed by atoms with Gasteiger partial charge in [0.1, 0.15) is 30.9 Å². The van der Waals surface area contributed by atoms with Gasteiger partial charge >= 0.3 is 5.97 Å². The normalized spacial score (nSPS) is 13.1. The van der Waals surface area contributed by atoms with Crippen LogP contribution in [0, 0.1) is 5.92 Å². The van der Waals surface area contributed by atoms with Gasteiger partial charge in [0.25, 0.3) is 0 Å². The number of nitrogens with zero attached hydrogens (tertiary/aromatic N) is 1. The maximum Gasteiger partial charge on any atom is 0.314 e. The van der Waals surface area contributed by atoms with E-state index in [0.717, 1.165) is 42.6 Å². The number of aryl methyl sites for hydroxylation is 1. The fourth-order valence-electron chi connectivity index (χ4n) is 5.77. The molecule has 236 valence electrons. The van der Waals surface area contributed by atoms with Gasteiger partial charge in [-0.15, -0.1) is 0 Å². The van der Waals surface area contributed by atoms with Gasteiger partial charge in [0, 0.05) is 5.56 Å². The zero-order chi connectivity index (χ0) is 30.5. The number of unbranched alkanes of at least 4 members (excludes halogenated alkanes) is 11. The van der Waals surface area contributed by atoms with Crippen LogP contribution in [-0.4, -0.2) is 43.8 Å². The van der Waals surface area contributed by atoms with Gasteiger partial charge in [-0.3, -0.25) is 4.79 Å². The van der Waals surface area contributed by atoms with Crippen molar-refractivity contribution in [3.8, 4) is 5.75 Å². The summed E-state index contributed by atoms with van der Waals surface area (Å²) in [5, 5.41) is 0. The van der Waals surface area contributed by atoms with Crippen molar-refractivity contribution in [2.75, 3.05) is 27.2 Å². The predicted octanol–water partition coefficient (Wildman–Crippen LogP) is 9.93. The van der Waals surface area contributed by atoms with Crippen LogP contribution in [0.5, 0.6) is 5.75 Å². The van der Waals surface area contributed by atoms with Crippen LogP contribution in [0.1, 0.15) is 122 Å². The average molecular weight is 581 g/mol. The second-order valence-corrected chi connectivity index (χ2v) is 12.9. The molecule has 4 heteroatoms. The summed E-state index contributed by atoms with van der Waals surface area (Å²) in [5.41, 5.74) is 2.61. The summed E-state index contributed by atoms with van der Waals surface area (Å²) in [7, 11) is 4.37. The van der Waals surface area contributed by atoms with Crippen molar-refractivity contribution in [3.63, 3.8) is 0 Å². The van der Waals surface area contributed by atoms with Crippen molar-refractivity contribution in [2.45, 2.75) is 130 Å². The highest BCUT2D eigenvalue weighted by atomic mass is 16.6. The average Bonchev–Trinajstić information content (AvgIpc) is 2.99. The van der Waals surface area contributed by atoms with Crippen LogP contribution in [0.15, 0.2) is 54.6 Å². The summed E-state index contributed by atoms with van der Waals surface area (Å²) in [5.74, 6) is 0.640. The minimum atomic E-state index is -0.139. The molecule has 0 bridgehead atoms. The van der Waals surface area contributed by atoms with Gasteiger partial charge in [-0.2, -0.15) is 0 Å². The number of hydrogen-bond donors (Lipinski definition) is 0. The largest absolute Gasteiger partial charge is 0.487 e. The van der Waals surface area contributed by atoms with Gasteiger partial charge < -0.3 is 14.0 Å². The van der Waals surface area contributed by atoms with Crippen LogP contribution in [0.4, 0.5) is 0 Å². The fourth-order valence-corrected chi connectivity index (χ4v) is 5.77. The fraction of sp³-hybridized carbons (Fsp3) is 0.658. The second-order valence-electron chi connectivity index (χ2n) is 12.9. The molecule has 0 saturated carbocycles. The second kappa shape index (κ2) is 21.4. The SMILES string of the molecule is CCCCCCCCCCCCCCc1cccc(OC(CC)COC(=O)C(CC)C[N+](C)(C)Cc2ccccc2)c1. The van der Waals surface area contributed by atoms with E-state index in [-0.39, 0.29) is 18.0 Å². The molecule has 0 amide bonds. The molecule has 42 heavy (non-hydrogen) atoms. The third-order valence-electron chi connectivity index (χ3n) is 8.38.